The Bertz CT molecular complexity index is 322. The van der Waals surface area contributed by atoms with Gasteiger partial charge >= 0.3 is 0 Å². The molecule has 3 N–H and O–H groups in total. The number of aliphatic hydroxyl groups excluding tert-OH is 1. The molecule has 17 heavy (non-hydrogen) atoms. The van der Waals surface area contributed by atoms with E-state index >= 15 is 0 Å². The molecule has 1 aliphatic rings. The number of nitrogens with zero attached hydrogens (tertiary/aromatic N) is 2. The fraction of sp³-hybridized carbons (Fsp3) is 0.600. The summed E-state index contributed by atoms with van der Waals surface area (Å²) >= 11 is 0. The van der Waals surface area contributed by atoms with Gasteiger partial charge in [-0.25, -0.2) is 4.39 Å². The number of amides is 1. The topological polar surface area (TPSA) is 88.2 Å². The Morgan fingerprint density at radius 1 is 1.76 bits per heavy atom. The molecule has 0 bridgehead atoms. The number of hydrogen-bond acceptors (Lipinski definition) is 4. The van der Waals surface area contributed by atoms with Crippen LogP contribution in [0.2, 0.25) is 0 Å². The predicted molar refractivity (Wildman–Crippen MR) is 59.8 cm³/mol. The fourth-order valence-electron chi connectivity index (χ4n) is 1.47. The van der Waals surface area contributed by atoms with Crippen LogP contribution in [-0.4, -0.2) is 54.4 Å². The number of aliphatic hydroxyl groups is 1. The van der Waals surface area contributed by atoms with Gasteiger partial charge < -0.3 is 15.6 Å². The van der Waals surface area contributed by atoms with E-state index in [9.17, 15) is 9.18 Å². The molecular formula is C10H16FN3O3. The molecule has 3 atom stereocenters. The van der Waals surface area contributed by atoms with Crippen molar-refractivity contribution in [2.75, 3.05) is 13.7 Å². The van der Waals surface area contributed by atoms with Gasteiger partial charge in [0.25, 0.3) is 0 Å². The Morgan fingerprint density at radius 3 is 2.94 bits per heavy atom. The highest BCUT2D eigenvalue weighted by atomic mass is 19.1. The third-order valence-corrected chi connectivity index (χ3v) is 2.47. The highest BCUT2D eigenvalue weighted by Gasteiger charge is 2.37. The van der Waals surface area contributed by atoms with Crippen molar-refractivity contribution < 1.29 is 19.0 Å². The van der Waals surface area contributed by atoms with Gasteiger partial charge in [0.2, 0.25) is 6.41 Å². The third kappa shape index (κ3) is 3.50. The number of carbonyl (C=O) groups excluding carboxylic acids is 1. The maximum Gasteiger partial charge on any atom is 0.215 e. The number of alkyl halides is 1. The van der Waals surface area contributed by atoms with Crippen molar-refractivity contribution in [1.29, 1.82) is 0 Å². The average molecular weight is 245 g/mol. The first kappa shape index (κ1) is 13.6. The normalized spacial score (nSPS) is 29.8. The van der Waals surface area contributed by atoms with Crippen LogP contribution >= 0.6 is 0 Å². The van der Waals surface area contributed by atoms with Crippen molar-refractivity contribution in [3.63, 3.8) is 0 Å². The molecule has 1 saturated heterocycles. The number of amidine groups is 1. The van der Waals surface area contributed by atoms with Crippen molar-refractivity contribution >= 4 is 12.2 Å². The van der Waals surface area contributed by atoms with Crippen LogP contribution in [0.1, 0.15) is 6.42 Å². The number of carbonyl (C=O) groups is 1. The molecule has 0 spiro atoms. The molecule has 1 fully saturated rings. The van der Waals surface area contributed by atoms with E-state index in [0.29, 0.717) is 6.41 Å². The van der Waals surface area contributed by atoms with E-state index in [1.54, 1.807) is 0 Å². The molecule has 1 aliphatic heterocycles. The predicted octanol–water partition coefficient (Wildman–Crippen LogP) is -0.609. The Labute approximate surface area is 98.6 Å². The Balaban J connectivity index is 2.64. The zero-order valence-corrected chi connectivity index (χ0v) is 9.49. The van der Waals surface area contributed by atoms with Gasteiger partial charge in [0.05, 0.1) is 6.61 Å². The van der Waals surface area contributed by atoms with E-state index in [4.69, 9.17) is 15.6 Å². The molecule has 96 valence electrons. The Hall–Kier alpha value is -1.47. The van der Waals surface area contributed by atoms with Gasteiger partial charge in [0.1, 0.15) is 24.3 Å². The zero-order chi connectivity index (χ0) is 12.8. The van der Waals surface area contributed by atoms with E-state index in [2.05, 4.69) is 4.99 Å². The largest absolute Gasteiger partial charge is 0.394 e. The van der Waals surface area contributed by atoms with E-state index in [0.717, 1.165) is 4.90 Å². The summed E-state index contributed by atoms with van der Waals surface area (Å²) in [6, 6.07) is 0. The SMILES string of the molecule is CN=C(N)/C=C\N(C=O)[C@H]1C[C@@H](F)[C@@H](CO)O1. The highest BCUT2D eigenvalue weighted by molar-refractivity contribution is 5.91. The molecule has 0 aromatic carbocycles. The molecule has 0 saturated carbocycles. The molecule has 0 radical (unpaired) electrons. The van der Waals surface area contributed by atoms with E-state index in [-0.39, 0.29) is 12.3 Å². The Morgan fingerprint density at radius 2 is 2.47 bits per heavy atom. The molecular weight excluding hydrogens is 229 g/mol. The molecule has 6 nitrogen and oxygen atoms in total. The number of nitrogens with two attached hydrogens (primary N) is 1. The van der Waals surface area contributed by atoms with Gasteiger partial charge in [-0.15, -0.1) is 0 Å². The van der Waals surface area contributed by atoms with Crippen LogP contribution in [0.3, 0.4) is 0 Å². The first-order valence-corrected chi connectivity index (χ1v) is 5.16. The van der Waals surface area contributed by atoms with Crippen LogP contribution in [0.25, 0.3) is 0 Å². The minimum absolute atomic E-state index is 0.0253. The lowest BCUT2D eigenvalue weighted by Gasteiger charge is -2.20. The molecule has 1 amide bonds. The lowest BCUT2D eigenvalue weighted by Crippen LogP contribution is -2.30. The quantitative estimate of drug-likeness (QED) is 0.384. The van der Waals surface area contributed by atoms with Crippen molar-refractivity contribution in [2.45, 2.75) is 24.9 Å². The van der Waals surface area contributed by atoms with Crippen molar-refractivity contribution in [2.24, 2.45) is 10.7 Å². The first-order chi connectivity index (χ1) is 8.12. The van der Waals surface area contributed by atoms with Crippen LogP contribution in [0.15, 0.2) is 17.3 Å². The highest BCUT2D eigenvalue weighted by Crippen LogP contribution is 2.25. The summed E-state index contributed by atoms with van der Waals surface area (Å²) < 4.78 is 18.5. The second-order valence-electron chi connectivity index (χ2n) is 3.58. The van der Waals surface area contributed by atoms with Crippen LogP contribution < -0.4 is 5.73 Å². The second kappa shape index (κ2) is 6.31. The maximum absolute atomic E-state index is 13.3. The Kier molecular flexibility index (Phi) is 5.05. The lowest BCUT2D eigenvalue weighted by molar-refractivity contribution is -0.127. The number of hydrogen-bond donors (Lipinski definition) is 2. The number of ether oxygens (including phenoxy) is 1. The number of aliphatic imine (C=N–C) groups is 1. The van der Waals surface area contributed by atoms with E-state index in [1.165, 1.54) is 19.3 Å². The summed E-state index contributed by atoms with van der Waals surface area (Å²) in [7, 11) is 1.51. The van der Waals surface area contributed by atoms with Gasteiger partial charge in [-0.3, -0.25) is 14.7 Å². The average Bonchev–Trinajstić information content (AvgIpc) is 2.71. The maximum atomic E-state index is 13.3. The van der Waals surface area contributed by atoms with Gasteiger partial charge in [-0.05, 0) is 6.08 Å². The van der Waals surface area contributed by atoms with Crippen molar-refractivity contribution in [1.82, 2.24) is 4.90 Å². The monoisotopic (exact) mass is 245 g/mol. The lowest BCUT2D eigenvalue weighted by atomic mass is 10.2. The van der Waals surface area contributed by atoms with Crippen molar-refractivity contribution in [3.05, 3.63) is 12.3 Å². The minimum Gasteiger partial charge on any atom is -0.394 e. The van der Waals surface area contributed by atoms with Crippen LogP contribution in [0, 0.1) is 0 Å². The van der Waals surface area contributed by atoms with E-state index < -0.39 is 25.1 Å². The van der Waals surface area contributed by atoms with Gasteiger partial charge in [-0.2, -0.15) is 0 Å². The number of halogens is 1. The van der Waals surface area contributed by atoms with Gasteiger partial charge in [0, 0.05) is 19.7 Å². The summed E-state index contributed by atoms with van der Waals surface area (Å²) in [5.41, 5.74) is 5.42. The van der Waals surface area contributed by atoms with Crippen LogP contribution in [0.4, 0.5) is 4.39 Å². The van der Waals surface area contributed by atoms with Crippen LogP contribution in [-0.2, 0) is 9.53 Å². The zero-order valence-electron chi connectivity index (χ0n) is 9.49. The standard InChI is InChI=1S/C10H16FN3O3/c1-13-9(12)2-3-14(6-16)10-4-7(11)8(5-15)17-10/h2-3,6-8,10,15H,4-5H2,1H3,(H2,12,13)/b3-2-/t7-,8-,10-/m1/s1. The molecule has 7 heteroatoms. The molecule has 0 aromatic rings. The molecule has 1 rings (SSSR count). The van der Waals surface area contributed by atoms with E-state index in [1.807, 2.05) is 0 Å². The minimum atomic E-state index is -1.28. The van der Waals surface area contributed by atoms with Crippen molar-refractivity contribution in [3.8, 4) is 0 Å². The summed E-state index contributed by atoms with van der Waals surface area (Å²) in [6.45, 7) is -0.410. The summed E-state index contributed by atoms with van der Waals surface area (Å²) in [4.78, 5) is 15.7. The molecule has 0 aromatic heterocycles. The van der Waals surface area contributed by atoms with Gasteiger partial charge in [0.15, 0.2) is 0 Å². The summed E-state index contributed by atoms with van der Waals surface area (Å²) in [5.74, 6) is 0.241. The second-order valence-corrected chi connectivity index (χ2v) is 3.58. The fourth-order valence-corrected chi connectivity index (χ4v) is 1.47. The molecule has 0 unspecified atom stereocenters. The summed E-state index contributed by atoms with van der Waals surface area (Å²) in [5, 5.41) is 8.84. The molecule has 1 heterocycles. The first-order valence-electron chi connectivity index (χ1n) is 5.16. The molecule has 0 aliphatic carbocycles. The van der Waals surface area contributed by atoms with Gasteiger partial charge in [-0.1, -0.05) is 0 Å². The summed E-state index contributed by atoms with van der Waals surface area (Å²) in [6.07, 6.45) is 0.435. The third-order valence-electron chi connectivity index (χ3n) is 2.47. The number of rotatable bonds is 5. The van der Waals surface area contributed by atoms with Crippen LogP contribution in [0.5, 0.6) is 0 Å². The smallest absolute Gasteiger partial charge is 0.215 e.